The molecule has 0 aromatic heterocycles. The van der Waals surface area contributed by atoms with Gasteiger partial charge in [-0.15, -0.1) is 0 Å². The van der Waals surface area contributed by atoms with Crippen molar-refractivity contribution in [3.05, 3.63) is 35.4 Å². The molecule has 0 saturated carbocycles. The van der Waals surface area contributed by atoms with E-state index in [1.165, 1.54) is 11.1 Å². The predicted octanol–water partition coefficient (Wildman–Crippen LogP) is 2.71. The number of ether oxygens (including phenoxy) is 1. The Morgan fingerprint density at radius 1 is 1.17 bits per heavy atom. The Hall–Kier alpha value is -1.07. The Labute approximate surface area is 105 Å². The third kappa shape index (κ3) is 6.61. The lowest BCUT2D eigenvalue weighted by Gasteiger charge is -2.09. The average molecular weight is 261 g/mol. The standard InChI is InChI=1S/C13H18F3NO/c1-11-4-2-3-5-12(11)6-7-17-8-9-18-10-13(14,15)16/h2-5,17H,6-10H2,1H3. The Kier molecular flexibility index (Phi) is 6.15. The summed E-state index contributed by atoms with van der Waals surface area (Å²) < 4.78 is 39.7. The first-order valence-corrected chi connectivity index (χ1v) is 5.89. The fourth-order valence-electron chi connectivity index (χ4n) is 1.57. The lowest BCUT2D eigenvalue weighted by atomic mass is 10.1. The van der Waals surface area contributed by atoms with Crippen LogP contribution in [0.3, 0.4) is 0 Å². The molecular weight excluding hydrogens is 243 g/mol. The van der Waals surface area contributed by atoms with E-state index in [-0.39, 0.29) is 6.61 Å². The molecule has 0 spiro atoms. The van der Waals surface area contributed by atoms with Crippen molar-refractivity contribution < 1.29 is 17.9 Å². The van der Waals surface area contributed by atoms with Crippen LogP contribution >= 0.6 is 0 Å². The molecule has 5 heteroatoms. The zero-order chi connectivity index (χ0) is 13.4. The van der Waals surface area contributed by atoms with Crippen molar-refractivity contribution in [2.75, 3.05) is 26.3 Å². The van der Waals surface area contributed by atoms with E-state index >= 15 is 0 Å². The minimum absolute atomic E-state index is 0.0767. The zero-order valence-electron chi connectivity index (χ0n) is 10.4. The summed E-state index contributed by atoms with van der Waals surface area (Å²) in [4.78, 5) is 0. The van der Waals surface area contributed by atoms with E-state index in [1.54, 1.807) is 0 Å². The summed E-state index contributed by atoms with van der Waals surface area (Å²) in [6, 6.07) is 8.06. The summed E-state index contributed by atoms with van der Waals surface area (Å²) in [6.45, 7) is 2.11. The summed E-state index contributed by atoms with van der Waals surface area (Å²) in [5, 5.41) is 3.05. The van der Waals surface area contributed by atoms with Crippen molar-refractivity contribution in [1.29, 1.82) is 0 Å². The third-order valence-corrected chi connectivity index (χ3v) is 2.52. The second-order valence-electron chi connectivity index (χ2n) is 4.09. The highest BCUT2D eigenvalue weighted by Crippen LogP contribution is 2.13. The summed E-state index contributed by atoms with van der Waals surface area (Å²) in [5.74, 6) is 0. The molecule has 0 aliphatic rings. The average Bonchev–Trinajstić information content (AvgIpc) is 2.28. The topological polar surface area (TPSA) is 21.3 Å². The fraction of sp³-hybridized carbons (Fsp3) is 0.538. The van der Waals surface area contributed by atoms with E-state index in [2.05, 4.69) is 16.1 Å². The molecule has 0 radical (unpaired) electrons. The molecule has 102 valence electrons. The second kappa shape index (κ2) is 7.38. The van der Waals surface area contributed by atoms with Crippen LogP contribution in [0.15, 0.2) is 24.3 Å². The van der Waals surface area contributed by atoms with E-state index < -0.39 is 12.8 Å². The number of benzene rings is 1. The van der Waals surface area contributed by atoms with Crippen LogP contribution in [0.25, 0.3) is 0 Å². The molecule has 0 heterocycles. The van der Waals surface area contributed by atoms with Gasteiger partial charge in [0.2, 0.25) is 0 Å². The molecule has 2 nitrogen and oxygen atoms in total. The number of hydrogen-bond donors (Lipinski definition) is 1. The zero-order valence-corrected chi connectivity index (χ0v) is 10.4. The van der Waals surface area contributed by atoms with Crippen LogP contribution in [-0.2, 0) is 11.2 Å². The summed E-state index contributed by atoms with van der Waals surface area (Å²) >= 11 is 0. The maximum Gasteiger partial charge on any atom is 0.411 e. The van der Waals surface area contributed by atoms with Gasteiger partial charge in [0.05, 0.1) is 6.61 Å². The van der Waals surface area contributed by atoms with Gasteiger partial charge in [-0.3, -0.25) is 0 Å². The lowest BCUT2D eigenvalue weighted by molar-refractivity contribution is -0.173. The van der Waals surface area contributed by atoms with Gasteiger partial charge >= 0.3 is 6.18 Å². The minimum Gasteiger partial charge on any atom is -0.371 e. The molecule has 0 fully saturated rings. The van der Waals surface area contributed by atoms with Crippen LogP contribution in [0.5, 0.6) is 0 Å². The predicted molar refractivity (Wildman–Crippen MR) is 64.6 cm³/mol. The lowest BCUT2D eigenvalue weighted by Crippen LogP contribution is -2.25. The van der Waals surface area contributed by atoms with Gasteiger partial charge in [-0.25, -0.2) is 0 Å². The monoisotopic (exact) mass is 261 g/mol. The molecule has 1 rings (SSSR count). The highest BCUT2D eigenvalue weighted by molar-refractivity contribution is 5.25. The van der Waals surface area contributed by atoms with Crippen LogP contribution in [0.2, 0.25) is 0 Å². The highest BCUT2D eigenvalue weighted by Gasteiger charge is 2.27. The number of halogens is 3. The fourth-order valence-corrected chi connectivity index (χ4v) is 1.57. The molecule has 1 aromatic carbocycles. The Morgan fingerprint density at radius 2 is 1.89 bits per heavy atom. The Balaban J connectivity index is 2.04. The molecule has 0 saturated heterocycles. The number of hydrogen-bond acceptors (Lipinski definition) is 2. The SMILES string of the molecule is Cc1ccccc1CCNCCOCC(F)(F)F. The van der Waals surface area contributed by atoms with Gasteiger partial charge in [-0.2, -0.15) is 13.2 Å². The molecular formula is C13H18F3NO. The van der Waals surface area contributed by atoms with Crippen LogP contribution in [0, 0.1) is 6.92 Å². The third-order valence-electron chi connectivity index (χ3n) is 2.52. The molecule has 0 aliphatic carbocycles. The first-order chi connectivity index (χ1) is 8.49. The molecule has 0 amide bonds. The van der Waals surface area contributed by atoms with Gasteiger partial charge in [-0.05, 0) is 31.0 Å². The molecule has 0 unspecified atom stereocenters. The van der Waals surface area contributed by atoms with E-state index in [1.807, 2.05) is 25.1 Å². The van der Waals surface area contributed by atoms with Crippen molar-refractivity contribution in [3.8, 4) is 0 Å². The van der Waals surface area contributed by atoms with Crippen LogP contribution in [0.4, 0.5) is 13.2 Å². The van der Waals surface area contributed by atoms with Gasteiger partial charge in [0.25, 0.3) is 0 Å². The number of alkyl halides is 3. The molecule has 18 heavy (non-hydrogen) atoms. The van der Waals surface area contributed by atoms with Crippen LogP contribution < -0.4 is 5.32 Å². The van der Waals surface area contributed by atoms with Crippen molar-refractivity contribution in [2.45, 2.75) is 19.5 Å². The van der Waals surface area contributed by atoms with E-state index in [4.69, 9.17) is 0 Å². The number of rotatable bonds is 7. The summed E-state index contributed by atoms with van der Waals surface area (Å²) in [5.41, 5.74) is 2.48. The second-order valence-corrected chi connectivity index (χ2v) is 4.09. The van der Waals surface area contributed by atoms with Gasteiger partial charge in [0, 0.05) is 6.54 Å². The highest BCUT2D eigenvalue weighted by atomic mass is 19.4. The summed E-state index contributed by atoms with van der Waals surface area (Å²) in [7, 11) is 0. The van der Waals surface area contributed by atoms with E-state index in [0.29, 0.717) is 6.54 Å². The van der Waals surface area contributed by atoms with Crippen molar-refractivity contribution in [3.63, 3.8) is 0 Å². The smallest absolute Gasteiger partial charge is 0.371 e. The maximum absolute atomic E-state index is 11.8. The van der Waals surface area contributed by atoms with Crippen molar-refractivity contribution >= 4 is 0 Å². The van der Waals surface area contributed by atoms with E-state index in [9.17, 15) is 13.2 Å². The maximum atomic E-state index is 11.8. The van der Waals surface area contributed by atoms with Gasteiger partial charge in [0.15, 0.2) is 0 Å². The number of aryl methyl sites for hydroxylation is 1. The summed E-state index contributed by atoms with van der Waals surface area (Å²) in [6.07, 6.45) is -3.37. The quantitative estimate of drug-likeness (QED) is 0.762. The minimum atomic E-state index is -4.23. The Morgan fingerprint density at radius 3 is 2.56 bits per heavy atom. The van der Waals surface area contributed by atoms with Gasteiger partial charge in [0.1, 0.15) is 6.61 Å². The molecule has 1 N–H and O–H groups in total. The van der Waals surface area contributed by atoms with Gasteiger partial charge < -0.3 is 10.1 Å². The molecule has 0 atom stereocenters. The van der Waals surface area contributed by atoms with E-state index in [0.717, 1.165) is 13.0 Å². The van der Waals surface area contributed by atoms with Crippen LogP contribution in [-0.4, -0.2) is 32.5 Å². The van der Waals surface area contributed by atoms with Crippen molar-refractivity contribution in [2.24, 2.45) is 0 Å². The molecule has 1 aromatic rings. The molecule has 0 aliphatic heterocycles. The van der Waals surface area contributed by atoms with Gasteiger partial charge in [-0.1, -0.05) is 24.3 Å². The first kappa shape index (κ1) is 15.0. The normalized spacial score (nSPS) is 11.8. The Bertz CT molecular complexity index is 352. The largest absolute Gasteiger partial charge is 0.411 e. The number of nitrogens with one attached hydrogen (secondary N) is 1. The molecule has 0 bridgehead atoms. The van der Waals surface area contributed by atoms with Crippen LogP contribution in [0.1, 0.15) is 11.1 Å². The first-order valence-electron chi connectivity index (χ1n) is 5.89. The van der Waals surface area contributed by atoms with Crippen molar-refractivity contribution in [1.82, 2.24) is 5.32 Å².